The first-order chi connectivity index (χ1) is 8.84. The van der Waals surface area contributed by atoms with Gasteiger partial charge < -0.3 is 10.2 Å². The number of aromatic amines is 1. The van der Waals surface area contributed by atoms with E-state index >= 15 is 0 Å². The number of likely N-dealkylation sites (tertiary alicyclic amines) is 1. The average molecular weight is 249 g/mol. The molecule has 2 saturated heterocycles. The zero-order valence-corrected chi connectivity index (χ0v) is 10.4. The Balaban J connectivity index is 1.64. The van der Waals surface area contributed by atoms with Crippen molar-refractivity contribution in [2.45, 2.75) is 37.6 Å². The van der Waals surface area contributed by atoms with Crippen molar-refractivity contribution >= 4 is 5.91 Å². The van der Waals surface area contributed by atoms with Gasteiger partial charge in [0.2, 0.25) is 5.91 Å². The molecule has 18 heavy (non-hydrogen) atoms. The van der Waals surface area contributed by atoms with Gasteiger partial charge >= 0.3 is 0 Å². The molecule has 2 unspecified atom stereocenters. The quantitative estimate of drug-likeness (QED) is 0.788. The number of carbonyl (C=O) groups excluding carboxylic acids is 1. The van der Waals surface area contributed by atoms with Gasteiger partial charge in [0.1, 0.15) is 12.2 Å². The second kappa shape index (κ2) is 5.06. The van der Waals surface area contributed by atoms with E-state index < -0.39 is 0 Å². The molecule has 98 valence electrons. The van der Waals surface area contributed by atoms with E-state index in [0.29, 0.717) is 5.92 Å². The van der Waals surface area contributed by atoms with Gasteiger partial charge in [-0.3, -0.25) is 9.89 Å². The third-order valence-corrected chi connectivity index (χ3v) is 3.91. The lowest BCUT2D eigenvalue weighted by Gasteiger charge is -2.33. The number of rotatable bonds is 2. The van der Waals surface area contributed by atoms with E-state index in [9.17, 15) is 4.79 Å². The number of aromatic nitrogens is 3. The highest BCUT2D eigenvalue weighted by atomic mass is 16.2. The first kappa shape index (κ1) is 11.6. The molecule has 0 aliphatic carbocycles. The molecule has 2 aliphatic rings. The molecule has 2 fully saturated rings. The van der Waals surface area contributed by atoms with Gasteiger partial charge in [0.25, 0.3) is 0 Å². The zero-order chi connectivity index (χ0) is 12.4. The van der Waals surface area contributed by atoms with Crippen molar-refractivity contribution < 1.29 is 4.79 Å². The van der Waals surface area contributed by atoms with Crippen LogP contribution in [-0.4, -0.2) is 51.7 Å². The maximum absolute atomic E-state index is 12.3. The molecule has 6 heteroatoms. The van der Waals surface area contributed by atoms with Gasteiger partial charge in [0.15, 0.2) is 0 Å². The molecule has 2 aliphatic heterocycles. The third-order valence-electron chi connectivity index (χ3n) is 3.91. The number of hydrogen-bond acceptors (Lipinski definition) is 4. The first-order valence-electron chi connectivity index (χ1n) is 6.72. The van der Waals surface area contributed by atoms with Crippen LogP contribution in [0.2, 0.25) is 0 Å². The van der Waals surface area contributed by atoms with Gasteiger partial charge in [-0.15, -0.1) is 0 Å². The lowest BCUT2D eigenvalue weighted by Crippen LogP contribution is -2.47. The summed E-state index contributed by atoms with van der Waals surface area (Å²) in [6, 6.07) is 0.0403. The molecule has 1 amide bonds. The molecule has 2 atom stereocenters. The molecule has 0 radical (unpaired) electrons. The fourth-order valence-electron chi connectivity index (χ4n) is 2.93. The summed E-state index contributed by atoms with van der Waals surface area (Å²) in [7, 11) is 0. The molecule has 3 heterocycles. The first-order valence-corrected chi connectivity index (χ1v) is 6.72. The van der Waals surface area contributed by atoms with Gasteiger partial charge in [0, 0.05) is 19.0 Å². The van der Waals surface area contributed by atoms with Crippen LogP contribution in [0.15, 0.2) is 6.33 Å². The van der Waals surface area contributed by atoms with E-state index in [1.807, 2.05) is 4.90 Å². The number of piperidine rings is 1. The number of hydrogen-bond donors (Lipinski definition) is 2. The van der Waals surface area contributed by atoms with Crippen LogP contribution in [0.5, 0.6) is 0 Å². The topological polar surface area (TPSA) is 73.9 Å². The molecule has 2 N–H and O–H groups in total. The minimum Gasteiger partial charge on any atom is -0.341 e. The van der Waals surface area contributed by atoms with Crippen LogP contribution in [0.1, 0.15) is 37.4 Å². The van der Waals surface area contributed by atoms with E-state index in [-0.39, 0.29) is 11.9 Å². The maximum Gasteiger partial charge on any atom is 0.239 e. The van der Waals surface area contributed by atoms with Crippen LogP contribution in [0.25, 0.3) is 0 Å². The largest absolute Gasteiger partial charge is 0.341 e. The van der Waals surface area contributed by atoms with Gasteiger partial charge in [0.05, 0.1) is 6.04 Å². The molecule has 0 bridgehead atoms. The van der Waals surface area contributed by atoms with Crippen molar-refractivity contribution in [1.82, 2.24) is 25.4 Å². The van der Waals surface area contributed by atoms with Crippen molar-refractivity contribution in [2.75, 3.05) is 19.6 Å². The predicted octanol–water partition coefficient (Wildman–Crippen LogP) is 0.263. The Morgan fingerprint density at radius 1 is 1.39 bits per heavy atom. The van der Waals surface area contributed by atoms with Crippen LogP contribution >= 0.6 is 0 Å². The van der Waals surface area contributed by atoms with Crippen molar-refractivity contribution in [3.8, 4) is 0 Å². The molecule has 0 spiro atoms. The van der Waals surface area contributed by atoms with Crippen molar-refractivity contribution in [3.63, 3.8) is 0 Å². The number of carbonyl (C=O) groups is 1. The normalized spacial score (nSPS) is 28.6. The number of amides is 1. The smallest absolute Gasteiger partial charge is 0.239 e. The molecular weight excluding hydrogens is 230 g/mol. The SMILES string of the molecule is O=C(C1CCCN1)N1CCCC(c2ncn[nH]2)C1. The fourth-order valence-corrected chi connectivity index (χ4v) is 2.93. The summed E-state index contributed by atoms with van der Waals surface area (Å²) in [5, 5.41) is 10.1. The summed E-state index contributed by atoms with van der Waals surface area (Å²) in [5.74, 6) is 1.48. The molecule has 0 aromatic carbocycles. The molecular formula is C12H19N5O. The summed E-state index contributed by atoms with van der Waals surface area (Å²) in [6.07, 6.45) is 5.74. The number of nitrogens with zero attached hydrogens (tertiary/aromatic N) is 3. The Morgan fingerprint density at radius 2 is 2.33 bits per heavy atom. The van der Waals surface area contributed by atoms with Crippen LogP contribution in [-0.2, 0) is 4.79 Å². The Labute approximate surface area is 106 Å². The van der Waals surface area contributed by atoms with Gasteiger partial charge in [-0.25, -0.2) is 4.98 Å². The molecule has 0 saturated carbocycles. The minimum atomic E-state index is 0.0403. The van der Waals surface area contributed by atoms with E-state index in [2.05, 4.69) is 20.5 Å². The average Bonchev–Trinajstić information content (AvgIpc) is 3.11. The van der Waals surface area contributed by atoms with E-state index in [0.717, 1.165) is 51.1 Å². The summed E-state index contributed by atoms with van der Waals surface area (Å²) >= 11 is 0. The molecule has 1 aromatic heterocycles. The molecule has 6 nitrogen and oxygen atoms in total. The van der Waals surface area contributed by atoms with Crippen LogP contribution in [0.3, 0.4) is 0 Å². The van der Waals surface area contributed by atoms with Crippen LogP contribution in [0.4, 0.5) is 0 Å². The van der Waals surface area contributed by atoms with Gasteiger partial charge in [-0.05, 0) is 32.2 Å². The van der Waals surface area contributed by atoms with E-state index in [1.54, 1.807) is 0 Å². The highest BCUT2D eigenvalue weighted by Gasteiger charge is 2.31. The van der Waals surface area contributed by atoms with Crippen molar-refractivity contribution in [1.29, 1.82) is 0 Å². The summed E-state index contributed by atoms with van der Waals surface area (Å²) < 4.78 is 0. The Bertz CT molecular complexity index is 399. The van der Waals surface area contributed by atoms with E-state index in [4.69, 9.17) is 0 Å². The Hall–Kier alpha value is -1.43. The fraction of sp³-hybridized carbons (Fsp3) is 0.750. The monoisotopic (exact) mass is 249 g/mol. The summed E-state index contributed by atoms with van der Waals surface area (Å²) in [5.41, 5.74) is 0. The zero-order valence-electron chi connectivity index (χ0n) is 10.4. The Kier molecular flexibility index (Phi) is 3.27. The molecule has 1 aromatic rings. The van der Waals surface area contributed by atoms with Gasteiger partial charge in [-0.2, -0.15) is 5.10 Å². The van der Waals surface area contributed by atoms with Gasteiger partial charge in [-0.1, -0.05) is 0 Å². The second-order valence-corrected chi connectivity index (χ2v) is 5.14. The van der Waals surface area contributed by atoms with Crippen molar-refractivity contribution in [3.05, 3.63) is 12.2 Å². The van der Waals surface area contributed by atoms with Crippen molar-refractivity contribution in [2.24, 2.45) is 0 Å². The third kappa shape index (κ3) is 2.25. The number of H-pyrrole nitrogens is 1. The highest BCUT2D eigenvalue weighted by Crippen LogP contribution is 2.25. The van der Waals surface area contributed by atoms with Crippen LogP contribution < -0.4 is 5.32 Å². The molecule has 3 rings (SSSR count). The standard InChI is InChI=1S/C12H19N5O/c18-12(10-4-1-5-13-10)17-6-2-3-9(7-17)11-14-8-15-16-11/h8-10,13H,1-7H2,(H,14,15,16). The summed E-state index contributed by atoms with van der Waals surface area (Å²) in [4.78, 5) is 18.5. The van der Waals surface area contributed by atoms with E-state index in [1.165, 1.54) is 6.33 Å². The minimum absolute atomic E-state index is 0.0403. The van der Waals surface area contributed by atoms with Crippen LogP contribution in [0, 0.1) is 0 Å². The summed E-state index contributed by atoms with van der Waals surface area (Å²) in [6.45, 7) is 2.61. The Morgan fingerprint density at radius 3 is 3.06 bits per heavy atom. The second-order valence-electron chi connectivity index (χ2n) is 5.14. The maximum atomic E-state index is 12.3. The number of nitrogens with one attached hydrogen (secondary N) is 2. The lowest BCUT2D eigenvalue weighted by atomic mass is 9.96. The predicted molar refractivity (Wildman–Crippen MR) is 66.0 cm³/mol. The highest BCUT2D eigenvalue weighted by molar-refractivity contribution is 5.82. The lowest BCUT2D eigenvalue weighted by molar-refractivity contribution is -0.134.